The number of para-hydroxylation sites is 1. The molecule has 0 spiro atoms. The van der Waals surface area contributed by atoms with Crippen molar-refractivity contribution in [3.8, 4) is 22.8 Å². The Hall–Kier alpha value is -3.02. The number of fused-ring (bicyclic) bond motifs is 1. The van der Waals surface area contributed by atoms with Crippen LogP contribution in [0.3, 0.4) is 0 Å². The van der Waals surface area contributed by atoms with Gasteiger partial charge in [-0.2, -0.15) is 0 Å². The van der Waals surface area contributed by atoms with E-state index in [9.17, 15) is 9.90 Å². The van der Waals surface area contributed by atoms with Crippen LogP contribution in [-0.2, 0) is 18.2 Å². The Morgan fingerprint density at radius 1 is 1.25 bits per heavy atom. The van der Waals surface area contributed by atoms with Gasteiger partial charge in [0.2, 0.25) is 0 Å². The molecule has 1 N–H and O–H groups in total. The highest BCUT2D eigenvalue weighted by Crippen LogP contribution is 2.38. The molecular weight excluding hydrogens is 356 g/mol. The van der Waals surface area contributed by atoms with Crippen LogP contribution in [0.15, 0.2) is 30.3 Å². The van der Waals surface area contributed by atoms with E-state index in [0.29, 0.717) is 28.2 Å². The standard InChI is InChI=1S/C22H26N2O4/c1-6-14-12-16-19(23-18(14)15-10-8-9-11-17(15)25)21(28-13(3)4)20(24(16)5)22(26)27-7-2/h8-13,25H,6-7H2,1-5H3. The molecule has 0 radical (unpaired) electrons. The number of aromatic hydroxyl groups is 1. The molecule has 0 saturated heterocycles. The fraction of sp³-hybridized carbons (Fsp3) is 0.364. The Labute approximate surface area is 164 Å². The van der Waals surface area contributed by atoms with Crippen LogP contribution in [-0.4, -0.2) is 33.3 Å². The average molecular weight is 382 g/mol. The summed E-state index contributed by atoms with van der Waals surface area (Å²) in [5.74, 6) is 0.128. The van der Waals surface area contributed by atoms with Crippen molar-refractivity contribution >= 4 is 17.0 Å². The van der Waals surface area contributed by atoms with Crippen molar-refractivity contribution in [2.45, 2.75) is 40.2 Å². The van der Waals surface area contributed by atoms with Gasteiger partial charge in [-0.1, -0.05) is 19.1 Å². The molecular formula is C22H26N2O4. The van der Waals surface area contributed by atoms with Gasteiger partial charge in [-0.15, -0.1) is 0 Å². The molecule has 3 rings (SSSR count). The molecule has 0 atom stereocenters. The van der Waals surface area contributed by atoms with Gasteiger partial charge >= 0.3 is 5.97 Å². The molecule has 1 aromatic carbocycles. The number of rotatable bonds is 6. The zero-order chi connectivity index (χ0) is 20.4. The number of aromatic nitrogens is 2. The third-order valence-corrected chi connectivity index (χ3v) is 4.57. The zero-order valence-corrected chi connectivity index (χ0v) is 16.9. The summed E-state index contributed by atoms with van der Waals surface area (Å²) in [4.78, 5) is 17.5. The minimum Gasteiger partial charge on any atom is -0.507 e. The van der Waals surface area contributed by atoms with E-state index in [4.69, 9.17) is 14.5 Å². The number of phenols is 1. The molecule has 2 heterocycles. The lowest BCUT2D eigenvalue weighted by atomic mass is 10.0. The molecule has 0 bridgehead atoms. The lowest BCUT2D eigenvalue weighted by molar-refractivity contribution is 0.0509. The molecule has 0 aliphatic carbocycles. The first-order valence-electron chi connectivity index (χ1n) is 9.53. The predicted molar refractivity (Wildman–Crippen MR) is 109 cm³/mol. The molecule has 6 nitrogen and oxygen atoms in total. The minimum atomic E-state index is -0.444. The molecule has 0 amide bonds. The van der Waals surface area contributed by atoms with Crippen LogP contribution >= 0.6 is 0 Å². The van der Waals surface area contributed by atoms with Gasteiger partial charge in [0.05, 0.1) is 23.9 Å². The van der Waals surface area contributed by atoms with Crippen molar-refractivity contribution in [2.75, 3.05) is 6.61 Å². The number of aryl methyl sites for hydroxylation is 2. The molecule has 0 aliphatic heterocycles. The largest absolute Gasteiger partial charge is 0.507 e. The highest BCUT2D eigenvalue weighted by molar-refractivity contribution is 6.01. The van der Waals surface area contributed by atoms with Crippen molar-refractivity contribution in [2.24, 2.45) is 7.05 Å². The number of phenolic OH excluding ortho intramolecular Hbond substituents is 1. The lowest BCUT2D eigenvalue weighted by Gasteiger charge is -2.12. The topological polar surface area (TPSA) is 73.6 Å². The molecule has 2 aromatic heterocycles. The molecule has 0 aliphatic rings. The van der Waals surface area contributed by atoms with E-state index in [1.54, 1.807) is 23.6 Å². The quantitative estimate of drug-likeness (QED) is 0.637. The van der Waals surface area contributed by atoms with Gasteiger partial charge in [0.15, 0.2) is 11.4 Å². The smallest absolute Gasteiger partial charge is 0.358 e. The summed E-state index contributed by atoms with van der Waals surface area (Å²) >= 11 is 0. The Balaban J connectivity index is 2.35. The Morgan fingerprint density at radius 3 is 2.57 bits per heavy atom. The Morgan fingerprint density at radius 2 is 1.96 bits per heavy atom. The minimum absolute atomic E-state index is 0.139. The van der Waals surface area contributed by atoms with E-state index in [1.165, 1.54) is 0 Å². The molecule has 28 heavy (non-hydrogen) atoms. The summed E-state index contributed by atoms with van der Waals surface area (Å²) in [5, 5.41) is 10.3. The third kappa shape index (κ3) is 3.42. The van der Waals surface area contributed by atoms with Crippen LogP contribution in [0, 0.1) is 0 Å². The number of esters is 1. The van der Waals surface area contributed by atoms with Gasteiger partial charge in [-0.05, 0) is 51.0 Å². The fourth-order valence-electron chi connectivity index (χ4n) is 3.30. The third-order valence-electron chi connectivity index (χ3n) is 4.57. The zero-order valence-electron chi connectivity index (χ0n) is 16.9. The van der Waals surface area contributed by atoms with Crippen LogP contribution in [0.2, 0.25) is 0 Å². The Kier molecular flexibility index (Phi) is 5.58. The summed E-state index contributed by atoms with van der Waals surface area (Å²) in [5.41, 5.74) is 4.01. The summed E-state index contributed by atoms with van der Waals surface area (Å²) in [6.07, 6.45) is 0.590. The van der Waals surface area contributed by atoms with Gasteiger partial charge in [0.25, 0.3) is 0 Å². The van der Waals surface area contributed by atoms with E-state index < -0.39 is 5.97 Å². The number of carbonyl (C=O) groups excluding carboxylic acids is 1. The number of pyridine rings is 1. The first-order valence-corrected chi connectivity index (χ1v) is 9.53. The number of nitrogens with zero attached hydrogens (tertiary/aromatic N) is 2. The molecule has 6 heteroatoms. The average Bonchev–Trinajstić information content (AvgIpc) is 2.92. The first kappa shape index (κ1) is 19.7. The van der Waals surface area contributed by atoms with Gasteiger partial charge < -0.3 is 19.1 Å². The van der Waals surface area contributed by atoms with E-state index >= 15 is 0 Å². The molecule has 0 saturated carbocycles. The maximum absolute atomic E-state index is 12.6. The van der Waals surface area contributed by atoms with Gasteiger partial charge in [0, 0.05) is 12.6 Å². The van der Waals surface area contributed by atoms with Gasteiger partial charge in [0.1, 0.15) is 11.3 Å². The SMILES string of the molecule is CCOC(=O)c1c(OC(C)C)c2nc(-c3ccccc3O)c(CC)cc2n1C. The van der Waals surface area contributed by atoms with Crippen molar-refractivity contribution in [1.82, 2.24) is 9.55 Å². The van der Waals surface area contributed by atoms with Crippen LogP contribution in [0.5, 0.6) is 11.5 Å². The first-order chi connectivity index (χ1) is 13.4. The van der Waals surface area contributed by atoms with Crippen molar-refractivity contribution < 1.29 is 19.4 Å². The van der Waals surface area contributed by atoms with Crippen molar-refractivity contribution in [3.05, 3.63) is 41.6 Å². The summed E-state index contributed by atoms with van der Waals surface area (Å²) in [7, 11) is 1.81. The maximum Gasteiger partial charge on any atom is 0.358 e. The van der Waals surface area contributed by atoms with Crippen LogP contribution in [0.4, 0.5) is 0 Å². The summed E-state index contributed by atoms with van der Waals surface area (Å²) < 4.78 is 13.0. The molecule has 148 valence electrons. The summed E-state index contributed by atoms with van der Waals surface area (Å²) in [6.45, 7) is 7.88. The maximum atomic E-state index is 12.6. The van der Waals surface area contributed by atoms with E-state index in [-0.39, 0.29) is 18.5 Å². The van der Waals surface area contributed by atoms with Gasteiger partial charge in [-0.25, -0.2) is 9.78 Å². The van der Waals surface area contributed by atoms with E-state index in [1.807, 2.05) is 46.0 Å². The number of carbonyl (C=O) groups is 1. The molecule has 3 aromatic rings. The predicted octanol–water partition coefficient (Wildman–Crippen LogP) is 4.47. The second-order valence-electron chi connectivity index (χ2n) is 6.86. The highest BCUT2D eigenvalue weighted by Gasteiger charge is 2.27. The van der Waals surface area contributed by atoms with Crippen LogP contribution in [0.25, 0.3) is 22.3 Å². The highest BCUT2D eigenvalue weighted by atomic mass is 16.5. The number of benzene rings is 1. The normalized spacial score (nSPS) is 11.2. The van der Waals surface area contributed by atoms with Gasteiger partial charge in [-0.3, -0.25) is 0 Å². The number of hydrogen-bond donors (Lipinski definition) is 1. The second kappa shape index (κ2) is 7.92. The Bertz CT molecular complexity index is 1020. The monoisotopic (exact) mass is 382 g/mol. The second-order valence-corrected chi connectivity index (χ2v) is 6.86. The molecule has 0 fully saturated rings. The fourth-order valence-corrected chi connectivity index (χ4v) is 3.30. The lowest BCUT2D eigenvalue weighted by Crippen LogP contribution is -2.14. The van der Waals surface area contributed by atoms with Crippen LogP contribution in [0.1, 0.15) is 43.7 Å². The molecule has 0 unspecified atom stereocenters. The van der Waals surface area contributed by atoms with Crippen molar-refractivity contribution in [1.29, 1.82) is 0 Å². The van der Waals surface area contributed by atoms with Crippen molar-refractivity contribution in [3.63, 3.8) is 0 Å². The number of ether oxygens (including phenoxy) is 2. The van der Waals surface area contributed by atoms with E-state index in [0.717, 1.165) is 17.5 Å². The van der Waals surface area contributed by atoms with E-state index in [2.05, 4.69) is 0 Å². The number of hydrogen-bond acceptors (Lipinski definition) is 5. The summed E-state index contributed by atoms with van der Waals surface area (Å²) in [6, 6.07) is 9.11. The van der Waals surface area contributed by atoms with Crippen LogP contribution < -0.4 is 4.74 Å².